The van der Waals surface area contributed by atoms with E-state index in [-0.39, 0.29) is 11.6 Å². The van der Waals surface area contributed by atoms with E-state index in [0.29, 0.717) is 22.4 Å². The first-order chi connectivity index (χ1) is 11.8. The summed E-state index contributed by atoms with van der Waals surface area (Å²) in [5.41, 5.74) is 0.415. The van der Waals surface area contributed by atoms with E-state index in [2.05, 4.69) is 15.4 Å². The molecule has 1 fully saturated rings. The highest BCUT2D eigenvalue weighted by Gasteiger charge is 2.43. The smallest absolute Gasteiger partial charge is 0.239 e. The molecule has 6 nitrogen and oxygen atoms in total. The molecule has 0 aromatic carbocycles. The zero-order chi connectivity index (χ0) is 18.3. The van der Waals surface area contributed by atoms with Crippen molar-refractivity contribution in [3.63, 3.8) is 0 Å². The molecule has 25 heavy (non-hydrogen) atoms. The number of nitrogens with zero attached hydrogens (tertiary/aromatic N) is 4. The lowest BCUT2D eigenvalue weighted by Gasteiger charge is -2.16. The highest BCUT2D eigenvalue weighted by molar-refractivity contribution is 7.80. The van der Waals surface area contributed by atoms with E-state index in [1.807, 2.05) is 0 Å². The van der Waals surface area contributed by atoms with Crippen molar-refractivity contribution in [2.45, 2.75) is 5.92 Å². The lowest BCUT2D eigenvalue weighted by molar-refractivity contribution is -0.118. The van der Waals surface area contributed by atoms with Crippen molar-refractivity contribution in [2.75, 3.05) is 18.9 Å². The molecule has 1 saturated heterocycles. The summed E-state index contributed by atoms with van der Waals surface area (Å²) < 4.78 is 28.1. The second kappa shape index (κ2) is 6.64. The standard InChI is InChI=1S/C15H14ClF2N5OS/c1-22-6-7(9-5-10(16)23(2)21-9)12(15(22)25)14(24)19-8-3-4-11(17)20-13(8)18/h3-5,7,12H,6H2,1-2H3,(H,19,24)/t7-,12+/m1/s1. The maximum atomic E-state index is 13.7. The van der Waals surface area contributed by atoms with Gasteiger partial charge in [0.05, 0.1) is 22.3 Å². The number of anilines is 1. The summed E-state index contributed by atoms with van der Waals surface area (Å²) >= 11 is 11.4. The van der Waals surface area contributed by atoms with E-state index >= 15 is 0 Å². The van der Waals surface area contributed by atoms with Crippen LogP contribution in [0.4, 0.5) is 14.5 Å². The Balaban J connectivity index is 1.88. The van der Waals surface area contributed by atoms with Crippen LogP contribution in [0.5, 0.6) is 0 Å². The summed E-state index contributed by atoms with van der Waals surface area (Å²) in [4.78, 5) is 17.9. The number of likely N-dealkylation sites (N-methyl/N-ethyl adjacent to an activating group) is 1. The van der Waals surface area contributed by atoms with Gasteiger partial charge in [0.15, 0.2) is 0 Å². The fourth-order valence-electron chi connectivity index (χ4n) is 2.82. The van der Waals surface area contributed by atoms with E-state index in [9.17, 15) is 13.6 Å². The maximum Gasteiger partial charge on any atom is 0.239 e. The molecule has 1 aliphatic heterocycles. The normalized spacial score (nSPS) is 20.2. The van der Waals surface area contributed by atoms with E-state index in [0.717, 1.165) is 12.1 Å². The molecule has 3 heterocycles. The van der Waals surface area contributed by atoms with Crippen molar-refractivity contribution in [1.29, 1.82) is 0 Å². The van der Waals surface area contributed by atoms with Crippen LogP contribution in [-0.4, -0.2) is 44.2 Å². The Labute approximate surface area is 152 Å². The third-order valence-electron chi connectivity index (χ3n) is 4.09. The fourth-order valence-corrected chi connectivity index (χ4v) is 3.32. The number of nitrogens with one attached hydrogen (secondary N) is 1. The molecule has 2 aromatic heterocycles. The summed E-state index contributed by atoms with van der Waals surface area (Å²) in [7, 11) is 3.46. The minimum Gasteiger partial charge on any atom is -0.368 e. The third-order valence-corrected chi connectivity index (χ3v) is 5.01. The lowest BCUT2D eigenvalue weighted by atomic mass is 9.92. The average Bonchev–Trinajstić information content (AvgIpc) is 3.03. The van der Waals surface area contributed by atoms with Crippen molar-refractivity contribution < 1.29 is 13.6 Å². The van der Waals surface area contributed by atoms with Gasteiger partial charge in [0.1, 0.15) is 5.15 Å². The summed E-state index contributed by atoms with van der Waals surface area (Å²) in [6.45, 7) is 0.481. The fraction of sp³-hybridized carbons (Fsp3) is 0.333. The van der Waals surface area contributed by atoms with E-state index in [1.54, 1.807) is 25.1 Å². The first-order valence-electron chi connectivity index (χ1n) is 7.35. The monoisotopic (exact) mass is 385 g/mol. The number of aromatic nitrogens is 3. The number of hydrogen-bond donors (Lipinski definition) is 1. The number of rotatable bonds is 3. The molecule has 0 unspecified atom stereocenters. The Morgan fingerprint density at radius 2 is 2.12 bits per heavy atom. The van der Waals surface area contributed by atoms with Crippen LogP contribution in [0.3, 0.4) is 0 Å². The number of thiocarbonyl (C=S) groups is 1. The third kappa shape index (κ3) is 3.34. The molecule has 2 atom stereocenters. The second-order valence-corrected chi connectivity index (χ2v) is 6.59. The molecule has 3 rings (SSSR count). The summed E-state index contributed by atoms with van der Waals surface area (Å²) in [5, 5.41) is 7.17. The van der Waals surface area contributed by atoms with Gasteiger partial charge in [-0.05, 0) is 18.2 Å². The van der Waals surface area contributed by atoms with Gasteiger partial charge in [0.25, 0.3) is 0 Å². The molecule has 0 saturated carbocycles. The summed E-state index contributed by atoms with van der Waals surface area (Å²) in [6.07, 6.45) is 0. The molecule has 1 amide bonds. The van der Waals surface area contributed by atoms with Crippen LogP contribution in [0.1, 0.15) is 11.6 Å². The van der Waals surface area contributed by atoms with Gasteiger partial charge in [0.2, 0.25) is 17.8 Å². The van der Waals surface area contributed by atoms with Gasteiger partial charge in [-0.1, -0.05) is 23.8 Å². The molecule has 132 valence electrons. The molecule has 0 aliphatic carbocycles. The van der Waals surface area contributed by atoms with Gasteiger partial charge in [0, 0.05) is 26.6 Å². The Kier molecular flexibility index (Phi) is 4.70. The van der Waals surface area contributed by atoms with Crippen LogP contribution < -0.4 is 5.32 Å². The van der Waals surface area contributed by atoms with Gasteiger partial charge in [-0.25, -0.2) is 0 Å². The van der Waals surface area contributed by atoms with Gasteiger partial charge in [-0.3, -0.25) is 9.48 Å². The zero-order valence-corrected chi connectivity index (χ0v) is 14.9. The number of amides is 1. The SMILES string of the molecule is CN1C[C@H](c2cc(Cl)n(C)n2)[C@@H](C(=O)Nc2ccc(F)nc2F)C1=S. The average molecular weight is 386 g/mol. The molecule has 2 aromatic rings. The van der Waals surface area contributed by atoms with Crippen LogP contribution in [-0.2, 0) is 11.8 Å². The van der Waals surface area contributed by atoms with Crippen molar-refractivity contribution in [2.24, 2.45) is 13.0 Å². The topological polar surface area (TPSA) is 63.1 Å². The molecule has 0 radical (unpaired) electrons. The Morgan fingerprint density at radius 1 is 1.40 bits per heavy atom. The van der Waals surface area contributed by atoms with E-state index < -0.39 is 23.7 Å². The van der Waals surface area contributed by atoms with Crippen molar-refractivity contribution in [3.8, 4) is 0 Å². The molecular weight excluding hydrogens is 372 g/mol. The van der Waals surface area contributed by atoms with Crippen LogP contribution in [0.2, 0.25) is 5.15 Å². The van der Waals surface area contributed by atoms with Gasteiger partial charge >= 0.3 is 0 Å². The van der Waals surface area contributed by atoms with Crippen molar-refractivity contribution >= 4 is 40.4 Å². The highest BCUT2D eigenvalue weighted by atomic mass is 35.5. The maximum absolute atomic E-state index is 13.7. The number of likely N-dealkylation sites (tertiary alicyclic amines) is 1. The highest BCUT2D eigenvalue weighted by Crippen LogP contribution is 2.35. The molecule has 1 aliphatic rings. The Hall–Kier alpha value is -2.13. The van der Waals surface area contributed by atoms with Gasteiger partial charge in [-0.2, -0.15) is 18.9 Å². The second-order valence-electron chi connectivity index (χ2n) is 5.78. The Bertz CT molecular complexity index is 839. The molecule has 1 N–H and O–H groups in total. The summed E-state index contributed by atoms with van der Waals surface area (Å²) in [6, 6.07) is 3.76. The van der Waals surface area contributed by atoms with Crippen LogP contribution in [0, 0.1) is 17.8 Å². The van der Waals surface area contributed by atoms with E-state index in [4.69, 9.17) is 23.8 Å². The zero-order valence-electron chi connectivity index (χ0n) is 13.3. The number of pyridine rings is 1. The van der Waals surface area contributed by atoms with Crippen LogP contribution in [0.15, 0.2) is 18.2 Å². The first-order valence-corrected chi connectivity index (χ1v) is 8.14. The van der Waals surface area contributed by atoms with Crippen LogP contribution in [0.25, 0.3) is 0 Å². The minimum atomic E-state index is -1.09. The van der Waals surface area contributed by atoms with Gasteiger partial charge in [-0.15, -0.1) is 0 Å². The Morgan fingerprint density at radius 3 is 2.72 bits per heavy atom. The largest absolute Gasteiger partial charge is 0.368 e. The van der Waals surface area contributed by atoms with Crippen molar-refractivity contribution in [3.05, 3.63) is 40.9 Å². The molecule has 10 heteroatoms. The lowest BCUT2D eigenvalue weighted by Crippen LogP contribution is -2.32. The number of carbonyl (C=O) groups is 1. The number of aryl methyl sites for hydroxylation is 1. The minimum absolute atomic E-state index is 0.207. The number of halogens is 3. The quantitative estimate of drug-likeness (QED) is 0.649. The summed E-state index contributed by atoms with van der Waals surface area (Å²) in [5.74, 6) is -3.62. The predicted octanol–water partition coefficient (Wildman–Crippen LogP) is 2.36. The molecular formula is C15H14ClF2N5OS. The number of hydrogen-bond acceptors (Lipinski definition) is 4. The predicted molar refractivity (Wildman–Crippen MR) is 92.5 cm³/mol. The van der Waals surface area contributed by atoms with Crippen molar-refractivity contribution in [1.82, 2.24) is 19.7 Å². The van der Waals surface area contributed by atoms with E-state index in [1.165, 1.54) is 4.68 Å². The molecule has 0 spiro atoms. The molecule has 0 bridgehead atoms. The first kappa shape index (κ1) is 17.7. The number of carbonyl (C=O) groups excluding carboxylic acids is 1. The van der Waals surface area contributed by atoms with Crippen LogP contribution >= 0.6 is 23.8 Å². The van der Waals surface area contributed by atoms with Gasteiger partial charge < -0.3 is 10.2 Å².